The van der Waals surface area contributed by atoms with Gasteiger partial charge in [-0.15, -0.1) is 0 Å². The van der Waals surface area contributed by atoms with E-state index in [1.165, 1.54) is 17.3 Å². The highest BCUT2D eigenvalue weighted by molar-refractivity contribution is 7.91. The molecule has 0 radical (unpaired) electrons. The van der Waals surface area contributed by atoms with Crippen LogP contribution in [0.15, 0.2) is 12.4 Å². The molecule has 6 nitrogen and oxygen atoms in total. The summed E-state index contributed by atoms with van der Waals surface area (Å²) in [6, 6.07) is 0. The van der Waals surface area contributed by atoms with Gasteiger partial charge < -0.3 is 4.90 Å². The molecule has 0 atom stereocenters. The molecule has 0 aliphatic carbocycles. The van der Waals surface area contributed by atoms with E-state index in [2.05, 4.69) is 9.97 Å². The summed E-state index contributed by atoms with van der Waals surface area (Å²) in [5, 5.41) is 0.142. The Morgan fingerprint density at radius 3 is 2.78 bits per heavy atom. The molecule has 8 heteroatoms. The molecular formula is C10H12ClN3O3S. The molecule has 0 aromatic carbocycles. The molecule has 1 aromatic heterocycles. The maximum Gasteiger partial charge on any atom is 0.274 e. The number of rotatable bonds is 1. The second-order valence-electron chi connectivity index (χ2n) is 4.02. The Morgan fingerprint density at radius 1 is 1.28 bits per heavy atom. The minimum atomic E-state index is -3.03. The number of amides is 1. The Hall–Kier alpha value is -1.21. The predicted molar refractivity (Wildman–Crippen MR) is 66.2 cm³/mol. The Morgan fingerprint density at radius 2 is 2.06 bits per heavy atom. The summed E-state index contributed by atoms with van der Waals surface area (Å²) >= 11 is 5.67. The van der Waals surface area contributed by atoms with Crippen LogP contribution in [0.2, 0.25) is 5.15 Å². The summed E-state index contributed by atoms with van der Waals surface area (Å²) in [6.45, 7) is 0.599. The molecule has 98 valence electrons. The van der Waals surface area contributed by atoms with Crippen molar-refractivity contribution in [2.75, 3.05) is 24.6 Å². The molecule has 1 saturated heterocycles. The van der Waals surface area contributed by atoms with Gasteiger partial charge in [-0.2, -0.15) is 0 Å². The SMILES string of the molecule is O=C(c1cncc(Cl)n1)N1CCCS(=O)(=O)CC1. The van der Waals surface area contributed by atoms with Gasteiger partial charge in [0.2, 0.25) is 0 Å². The smallest absolute Gasteiger partial charge is 0.274 e. The van der Waals surface area contributed by atoms with Gasteiger partial charge in [0, 0.05) is 13.1 Å². The van der Waals surface area contributed by atoms with Crippen molar-refractivity contribution in [2.45, 2.75) is 6.42 Å². The first-order chi connectivity index (χ1) is 8.48. The summed E-state index contributed by atoms with van der Waals surface area (Å²) in [6.07, 6.45) is 3.11. The monoisotopic (exact) mass is 289 g/mol. The van der Waals surface area contributed by atoms with Crippen molar-refractivity contribution in [2.24, 2.45) is 0 Å². The van der Waals surface area contributed by atoms with E-state index in [1.807, 2.05) is 0 Å². The van der Waals surface area contributed by atoms with Gasteiger partial charge in [-0.05, 0) is 6.42 Å². The van der Waals surface area contributed by atoms with Gasteiger partial charge in [0.05, 0.1) is 23.9 Å². The van der Waals surface area contributed by atoms with E-state index in [1.54, 1.807) is 0 Å². The standard InChI is InChI=1S/C10H12ClN3O3S/c11-9-7-12-6-8(13-9)10(15)14-2-1-4-18(16,17)5-3-14/h6-7H,1-5H2. The molecule has 0 spiro atoms. The van der Waals surface area contributed by atoms with Gasteiger partial charge in [0.25, 0.3) is 5.91 Å². The number of aromatic nitrogens is 2. The molecule has 0 N–H and O–H groups in total. The van der Waals surface area contributed by atoms with Crippen molar-refractivity contribution in [3.05, 3.63) is 23.2 Å². The Kier molecular flexibility index (Phi) is 3.82. The van der Waals surface area contributed by atoms with Crippen LogP contribution in [0.4, 0.5) is 0 Å². The van der Waals surface area contributed by atoms with Crippen LogP contribution in [0.25, 0.3) is 0 Å². The van der Waals surface area contributed by atoms with Crippen LogP contribution in [0, 0.1) is 0 Å². The number of sulfone groups is 1. The summed E-state index contributed by atoms with van der Waals surface area (Å²) < 4.78 is 22.9. The molecule has 0 saturated carbocycles. The average Bonchev–Trinajstić information content (AvgIpc) is 2.49. The molecule has 0 bridgehead atoms. The fraction of sp³-hybridized carbons (Fsp3) is 0.500. The molecule has 0 unspecified atom stereocenters. The van der Waals surface area contributed by atoms with Crippen LogP contribution in [0.1, 0.15) is 16.9 Å². The van der Waals surface area contributed by atoms with Crippen LogP contribution in [-0.2, 0) is 9.84 Å². The number of hydrogen-bond donors (Lipinski definition) is 0. The first-order valence-electron chi connectivity index (χ1n) is 5.45. The fourth-order valence-corrected chi connectivity index (χ4v) is 3.17. The van der Waals surface area contributed by atoms with Gasteiger partial charge in [-0.1, -0.05) is 11.6 Å². The summed E-state index contributed by atoms with van der Waals surface area (Å²) in [4.78, 5) is 21.2. The van der Waals surface area contributed by atoms with Crippen LogP contribution in [-0.4, -0.2) is 53.8 Å². The van der Waals surface area contributed by atoms with Gasteiger partial charge in [-0.25, -0.2) is 13.4 Å². The highest BCUT2D eigenvalue weighted by atomic mass is 35.5. The maximum atomic E-state index is 12.1. The highest BCUT2D eigenvalue weighted by Crippen LogP contribution is 2.10. The van der Waals surface area contributed by atoms with E-state index < -0.39 is 9.84 Å². The minimum absolute atomic E-state index is 0.00721. The van der Waals surface area contributed by atoms with Gasteiger partial charge in [-0.3, -0.25) is 9.78 Å². The molecule has 1 aliphatic rings. The second kappa shape index (κ2) is 5.19. The van der Waals surface area contributed by atoms with Crippen LogP contribution in [0.5, 0.6) is 0 Å². The topological polar surface area (TPSA) is 80.2 Å². The number of nitrogens with zero attached hydrogens (tertiary/aromatic N) is 3. The number of carbonyl (C=O) groups excluding carboxylic acids is 1. The summed E-state index contributed by atoms with van der Waals surface area (Å²) in [5.74, 6) is -0.216. The molecule has 1 aliphatic heterocycles. The summed E-state index contributed by atoms with van der Waals surface area (Å²) in [5.41, 5.74) is 0.141. The Bertz CT molecular complexity index is 561. The third-order valence-electron chi connectivity index (χ3n) is 2.67. The zero-order valence-corrected chi connectivity index (χ0v) is 11.1. The Balaban J connectivity index is 2.14. The average molecular weight is 290 g/mol. The lowest BCUT2D eigenvalue weighted by atomic mass is 10.3. The Labute approximate surface area is 110 Å². The largest absolute Gasteiger partial charge is 0.336 e. The van der Waals surface area contributed by atoms with Crippen molar-refractivity contribution in [1.29, 1.82) is 0 Å². The third-order valence-corrected chi connectivity index (χ3v) is 4.56. The quantitative estimate of drug-likeness (QED) is 0.747. The van der Waals surface area contributed by atoms with Gasteiger partial charge in [0.15, 0.2) is 9.84 Å². The minimum Gasteiger partial charge on any atom is -0.336 e. The molecule has 2 rings (SSSR count). The molecule has 2 heterocycles. The molecular weight excluding hydrogens is 278 g/mol. The van der Waals surface area contributed by atoms with Crippen molar-refractivity contribution >= 4 is 27.3 Å². The van der Waals surface area contributed by atoms with Gasteiger partial charge in [0.1, 0.15) is 10.8 Å². The third kappa shape index (κ3) is 3.17. The van der Waals surface area contributed by atoms with Crippen LogP contribution in [0.3, 0.4) is 0 Å². The number of halogens is 1. The molecule has 18 heavy (non-hydrogen) atoms. The van der Waals surface area contributed by atoms with Crippen molar-refractivity contribution in [3.8, 4) is 0 Å². The van der Waals surface area contributed by atoms with Crippen molar-refractivity contribution < 1.29 is 13.2 Å². The van der Waals surface area contributed by atoms with E-state index in [-0.39, 0.29) is 34.8 Å². The highest BCUT2D eigenvalue weighted by Gasteiger charge is 2.24. The van der Waals surface area contributed by atoms with Crippen molar-refractivity contribution in [1.82, 2.24) is 14.9 Å². The normalized spacial score (nSPS) is 19.3. The van der Waals surface area contributed by atoms with E-state index in [9.17, 15) is 13.2 Å². The van der Waals surface area contributed by atoms with Crippen LogP contribution < -0.4 is 0 Å². The first kappa shape index (κ1) is 13.2. The first-order valence-corrected chi connectivity index (χ1v) is 7.65. The van der Waals surface area contributed by atoms with E-state index in [0.29, 0.717) is 13.0 Å². The zero-order chi connectivity index (χ0) is 13.2. The molecule has 1 amide bonds. The lowest BCUT2D eigenvalue weighted by molar-refractivity contribution is 0.0762. The zero-order valence-electron chi connectivity index (χ0n) is 9.54. The number of hydrogen-bond acceptors (Lipinski definition) is 5. The van der Waals surface area contributed by atoms with E-state index >= 15 is 0 Å². The van der Waals surface area contributed by atoms with Crippen LogP contribution >= 0.6 is 11.6 Å². The van der Waals surface area contributed by atoms with Gasteiger partial charge >= 0.3 is 0 Å². The molecule has 1 fully saturated rings. The van der Waals surface area contributed by atoms with E-state index in [0.717, 1.165) is 0 Å². The van der Waals surface area contributed by atoms with Crippen molar-refractivity contribution in [3.63, 3.8) is 0 Å². The van der Waals surface area contributed by atoms with E-state index in [4.69, 9.17) is 11.6 Å². The lowest BCUT2D eigenvalue weighted by Gasteiger charge is -2.18. The maximum absolute atomic E-state index is 12.1. The molecule has 1 aromatic rings. The predicted octanol–water partition coefficient (Wildman–Crippen LogP) is 0.391. The number of carbonyl (C=O) groups is 1. The fourth-order valence-electron chi connectivity index (χ4n) is 1.75. The lowest BCUT2D eigenvalue weighted by Crippen LogP contribution is -2.34. The summed E-state index contributed by atoms with van der Waals surface area (Å²) in [7, 11) is -3.03. The second-order valence-corrected chi connectivity index (χ2v) is 6.72.